The molecule has 5 nitrogen and oxygen atoms in total. The molecule has 29 heavy (non-hydrogen) atoms. The van der Waals surface area contributed by atoms with Gasteiger partial charge in [0.2, 0.25) is 5.75 Å². The van der Waals surface area contributed by atoms with E-state index in [2.05, 4.69) is 11.4 Å². The van der Waals surface area contributed by atoms with Gasteiger partial charge in [0.15, 0.2) is 11.5 Å². The molecule has 0 amide bonds. The zero-order chi connectivity index (χ0) is 20.0. The van der Waals surface area contributed by atoms with E-state index in [9.17, 15) is 0 Å². The SMILES string of the molecule is COc1cc(-c2cnc3c(c2)C(CC2CC2)(CC2CC2)CN3)cc(OC)c1OC. The summed E-state index contributed by atoms with van der Waals surface area (Å²) < 4.78 is 16.6. The number of hydrogen-bond donors (Lipinski definition) is 1. The number of fused-ring (bicyclic) bond motifs is 1. The van der Waals surface area contributed by atoms with Crippen LogP contribution in [-0.4, -0.2) is 32.9 Å². The van der Waals surface area contributed by atoms with E-state index in [4.69, 9.17) is 19.2 Å². The fraction of sp³-hybridized carbons (Fsp3) is 0.542. The van der Waals surface area contributed by atoms with Crippen LogP contribution in [0.4, 0.5) is 5.82 Å². The maximum atomic E-state index is 5.56. The van der Waals surface area contributed by atoms with Crippen LogP contribution >= 0.6 is 0 Å². The molecule has 0 atom stereocenters. The smallest absolute Gasteiger partial charge is 0.203 e. The van der Waals surface area contributed by atoms with E-state index >= 15 is 0 Å². The van der Waals surface area contributed by atoms with E-state index in [0.717, 1.165) is 35.3 Å². The predicted octanol–water partition coefficient (Wildman–Crippen LogP) is 5.04. The number of anilines is 1. The number of methoxy groups -OCH3 is 3. The van der Waals surface area contributed by atoms with Crippen molar-refractivity contribution < 1.29 is 14.2 Å². The lowest BCUT2D eigenvalue weighted by Gasteiger charge is -2.30. The van der Waals surface area contributed by atoms with E-state index in [-0.39, 0.29) is 5.41 Å². The second-order valence-electron chi connectivity index (χ2n) is 8.96. The lowest BCUT2D eigenvalue weighted by molar-refractivity contribution is 0.324. The molecule has 1 aromatic carbocycles. The van der Waals surface area contributed by atoms with Crippen molar-refractivity contribution in [3.8, 4) is 28.4 Å². The Morgan fingerprint density at radius 1 is 0.897 bits per heavy atom. The van der Waals surface area contributed by atoms with Crippen molar-refractivity contribution in [3.05, 3.63) is 30.0 Å². The highest BCUT2D eigenvalue weighted by atomic mass is 16.5. The molecule has 5 rings (SSSR count). The molecule has 0 unspecified atom stereocenters. The van der Waals surface area contributed by atoms with Gasteiger partial charge >= 0.3 is 0 Å². The summed E-state index contributed by atoms with van der Waals surface area (Å²) in [6.07, 6.45) is 10.1. The molecule has 2 saturated carbocycles. The van der Waals surface area contributed by atoms with E-state index < -0.39 is 0 Å². The van der Waals surface area contributed by atoms with Gasteiger partial charge < -0.3 is 19.5 Å². The highest BCUT2D eigenvalue weighted by Crippen LogP contribution is 2.53. The largest absolute Gasteiger partial charge is 0.493 e. The first-order valence-corrected chi connectivity index (χ1v) is 10.7. The Hall–Kier alpha value is -2.43. The summed E-state index contributed by atoms with van der Waals surface area (Å²) in [5.74, 6) is 4.82. The second kappa shape index (κ2) is 7.12. The molecule has 2 heterocycles. The number of nitrogens with zero attached hydrogens (tertiary/aromatic N) is 1. The monoisotopic (exact) mass is 394 g/mol. The normalized spacial score (nSPS) is 19.4. The fourth-order valence-electron chi connectivity index (χ4n) is 4.96. The number of pyridine rings is 1. The number of hydrogen-bond acceptors (Lipinski definition) is 5. The van der Waals surface area contributed by atoms with Crippen molar-refractivity contribution >= 4 is 5.82 Å². The number of benzene rings is 1. The van der Waals surface area contributed by atoms with Crippen LogP contribution in [0, 0.1) is 11.8 Å². The van der Waals surface area contributed by atoms with Crippen molar-refractivity contribution in [3.63, 3.8) is 0 Å². The van der Waals surface area contributed by atoms with E-state index in [1.54, 1.807) is 21.3 Å². The Kier molecular flexibility index (Phi) is 4.56. The van der Waals surface area contributed by atoms with E-state index in [1.807, 2.05) is 18.3 Å². The average molecular weight is 395 g/mol. The first-order chi connectivity index (χ1) is 14.2. The minimum absolute atomic E-state index is 0.237. The number of nitrogens with one attached hydrogen (secondary N) is 1. The van der Waals surface area contributed by atoms with E-state index in [0.29, 0.717) is 17.2 Å². The molecule has 2 aliphatic carbocycles. The van der Waals surface area contributed by atoms with Crippen LogP contribution in [0.25, 0.3) is 11.1 Å². The Morgan fingerprint density at radius 3 is 2.03 bits per heavy atom. The molecule has 0 saturated heterocycles. The molecule has 2 aromatic rings. The molecule has 1 aromatic heterocycles. The van der Waals surface area contributed by atoms with Crippen LogP contribution < -0.4 is 19.5 Å². The fourth-order valence-corrected chi connectivity index (χ4v) is 4.96. The Labute approximate surface area is 172 Å². The van der Waals surface area contributed by atoms with Gasteiger partial charge in [-0.05, 0) is 48.4 Å². The van der Waals surface area contributed by atoms with Crippen molar-refractivity contribution in [1.29, 1.82) is 0 Å². The molecule has 1 aliphatic heterocycles. The molecular weight excluding hydrogens is 364 g/mol. The summed E-state index contributed by atoms with van der Waals surface area (Å²) >= 11 is 0. The minimum Gasteiger partial charge on any atom is -0.493 e. The number of aromatic nitrogens is 1. The molecule has 0 spiro atoms. The Balaban J connectivity index is 1.56. The Morgan fingerprint density at radius 2 is 1.52 bits per heavy atom. The van der Waals surface area contributed by atoms with Crippen molar-refractivity contribution in [2.75, 3.05) is 33.2 Å². The summed E-state index contributed by atoms with van der Waals surface area (Å²) in [5, 5.41) is 3.62. The van der Waals surface area contributed by atoms with Gasteiger partial charge in [-0.2, -0.15) is 0 Å². The Bertz CT molecular complexity index is 879. The van der Waals surface area contributed by atoms with E-state index in [1.165, 1.54) is 44.1 Å². The highest BCUT2D eigenvalue weighted by Gasteiger charge is 2.46. The lowest BCUT2D eigenvalue weighted by Crippen LogP contribution is -2.30. The molecular formula is C24H30N2O3. The molecule has 0 bridgehead atoms. The van der Waals surface area contributed by atoms with Crippen LogP contribution in [0.2, 0.25) is 0 Å². The highest BCUT2D eigenvalue weighted by molar-refractivity contribution is 5.73. The second-order valence-corrected chi connectivity index (χ2v) is 8.96. The summed E-state index contributed by atoms with van der Waals surface area (Å²) in [7, 11) is 4.94. The topological polar surface area (TPSA) is 52.6 Å². The third kappa shape index (κ3) is 3.41. The van der Waals surface area contributed by atoms with Crippen molar-refractivity contribution in [2.45, 2.75) is 43.9 Å². The maximum absolute atomic E-state index is 5.56. The zero-order valence-corrected chi connectivity index (χ0v) is 17.6. The van der Waals surface area contributed by atoms with Gasteiger partial charge in [-0.25, -0.2) is 4.98 Å². The third-order valence-corrected chi connectivity index (χ3v) is 6.80. The summed E-state index contributed by atoms with van der Waals surface area (Å²) in [6, 6.07) is 6.38. The van der Waals surface area contributed by atoms with Crippen molar-refractivity contribution in [1.82, 2.24) is 4.98 Å². The number of rotatable bonds is 8. The van der Waals surface area contributed by atoms with Gasteiger partial charge in [-0.3, -0.25) is 0 Å². The molecule has 154 valence electrons. The lowest BCUT2D eigenvalue weighted by atomic mass is 9.73. The first-order valence-electron chi connectivity index (χ1n) is 10.7. The number of ether oxygens (including phenoxy) is 3. The zero-order valence-electron chi connectivity index (χ0n) is 17.6. The average Bonchev–Trinajstić information content (AvgIpc) is 3.68. The molecule has 3 aliphatic rings. The summed E-state index contributed by atoms with van der Waals surface area (Å²) in [4.78, 5) is 4.82. The van der Waals surface area contributed by atoms with Crippen LogP contribution in [0.1, 0.15) is 44.1 Å². The quantitative estimate of drug-likeness (QED) is 0.680. The predicted molar refractivity (Wildman–Crippen MR) is 114 cm³/mol. The van der Waals surface area contributed by atoms with Crippen molar-refractivity contribution in [2.24, 2.45) is 11.8 Å². The van der Waals surface area contributed by atoms with Gasteiger partial charge in [0.1, 0.15) is 5.82 Å². The molecule has 1 N–H and O–H groups in total. The summed E-state index contributed by atoms with van der Waals surface area (Å²) in [6.45, 7) is 1.03. The van der Waals surface area contributed by atoms with Crippen LogP contribution in [-0.2, 0) is 5.41 Å². The molecule has 5 heteroatoms. The molecule has 2 fully saturated rings. The van der Waals surface area contributed by atoms with Gasteiger partial charge in [-0.1, -0.05) is 25.7 Å². The van der Waals surface area contributed by atoms with Gasteiger partial charge in [0.05, 0.1) is 21.3 Å². The van der Waals surface area contributed by atoms with Gasteiger partial charge in [-0.15, -0.1) is 0 Å². The van der Waals surface area contributed by atoms with Gasteiger partial charge in [0, 0.05) is 29.3 Å². The van der Waals surface area contributed by atoms with Crippen LogP contribution in [0.3, 0.4) is 0 Å². The third-order valence-electron chi connectivity index (χ3n) is 6.80. The molecule has 0 radical (unpaired) electrons. The first kappa shape index (κ1) is 18.6. The standard InChI is InChI=1S/C24H30N2O3/c1-27-20-9-17(10-21(28-2)22(20)29-3)18-8-19-23(25-13-18)26-14-24(19,11-15-4-5-15)12-16-6-7-16/h8-10,13,15-16H,4-7,11-12,14H2,1-3H3,(H,25,26). The minimum atomic E-state index is 0.237. The van der Waals surface area contributed by atoms with Crippen LogP contribution in [0.15, 0.2) is 24.4 Å². The van der Waals surface area contributed by atoms with Gasteiger partial charge in [0.25, 0.3) is 0 Å². The maximum Gasteiger partial charge on any atom is 0.203 e. The summed E-state index contributed by atoms with van der Waals surface area (Å²) in [5.41, 5.74) is 3.78. The van der Waals surface area contributed by atoms with Crippen LogP contribution in [0.5, 0.6) is 17.2 Å².